The minimum absolute atomic E-state index is 0. The number of nitro benzene ring substituents is 1. The monoisotopic (exact) mass is 385 g/mol. The molecule has 0 amide bonds. The van der Waals surface area contributed by atoms with Crippen LogP contribution in [-0.2, 0) is 6.18 Å². The maximum atomic E-state index is 12.6. The van der Waals surface area contributed by atoms with E-state index in [1.54, 1.807) is 0 Å². The normalized spacial score (nSPS) is 10.7. The average Bonchev–Trinajstić information content (AvgIpc) is 2.47. The van der Waals surface area contributed by atoms with Crippen molar-refractivity contribution >= 4 is 23.3 Å². The molecule has 0 aliphatic carbocycles. The number of halogens is 4. The number of carboxylic acids is 1. The van der Waals surface area contributed by atoms with E-state index >= 15 is 0 Å². The van der Waals surface area contributed by atoms with Gasteiger partial charge in [-0.05, 0) is 24.3 Å². The molecular weight excluding hydrogens is 378 g/mol. The predicted molar refractivity (Wildman–Crippen MR) is 77.7 cm³/mol. The van der Waals surface area contributed by atoms with Crippen LogP contribution in [0.4, 0.5) is 18.9 Å². The third kappa shape index (κ3) is 5.08. The van der Waals surface area contributed by atoms with Crippen LogP contribution in [0.3, 0.4) is 0 Å². The van der Waals surface area contributed by atoms with Gasteiger partial charge in [0.05, 0.1) is 15.5 Å². The molecule has 0 heterocycles. The molecule has 128 valence electrons. The standard InChI is InChI=1S/C14H7ClF3NO5.Na.H/c15-10-5-7(14(16,17)18)1-4-12(10)24-8-2-3-11(19(22)23)9(6-8)13(20)21;;/h1-6H,(H,20,21);;/q;+1;-1. The van der Waals surface area contributed by atoms with Crippen molar-refractivity contribution in [3.8, 4) is 11.5 Å². The molecule has 0 atom stereocenters. The second kappa shape index (κ2) is 8.05. The number of carbonyl (C=O) groups is 1. The number of aromatic carboxylic acids is 1. The van der Waals surface area contributed by atoms with Crippen LogP contribution in [0.15, 0.2) is 36.4 Å². The largest absolute Gasteiger partial charge is 1.00 e. The van der Waals surface area contributed by atoms with Crippen molar-refractivity contribution in [2.75, 3.05) is 0 Å². The summed E-state index contributed by atoms with van der Waals surface area (Å²) < 4.78 is 42.9. The Morgan fingerprint density at radius 1 is 1.24 bits per heavy atom. The van der Waals surface area contributed by atoms with Gasteiger partial charge in [0.2, 0.25) is 0 Å². The summed E-state index contributed by atoms with van der Waals surface area (Å²) in [6.07, 6.45) is -4.58. The summed E-state index contributed by atoms with van der Waals surface area (Å²) in [4.78, 5) is 20.9. The van der Waals surface area contributed by atoms with Crippen molar-refractivity contribution in [2.45, 2.75) is 6.18 Å². The Balaban J connectivity index is 0.00000312. The third-order valence-electron chi connectivity index (χ3n) is 2.88. The van der Waals surface area contributed by atoms with Gasteiger partial charge in [-0.1, -0.05) is 11.6 Å². The summed E-state index contributed by atoms with van der Waals surface area (Å²) in [6, 6.07) is 5.27. The van der Waals surface area contributed by atoms with Crippen molar-refractivity contribution < 1.29 is 63.7 Å². The Morgan fingerprint density at radius 3 is 2.36 bits per heavy atom. The van der Waals surface area contributed by atoms with Gasteiger partial charge < -0.3 is 11.3 Å². The van der Waals surface area contributed by atoms with Gasteiger partial charge >= 0.3 is 41.7 Å². The van der Waals surface area contributed by atoms with E-state index in [0.29, 0.717) is 6.07 Å². The minimum Gasteiger partial charge on any atom is -1.00 e. The van der Waals surface area contributed by atoms with E-state index in [0.717, 1.165) is 30.3 Å². The number of hydrogen-bond acceptors (Lipinski definition) is 4. The number of benzene rings is 2. The Morgan fingerprint density at radius 2 is 1.88 bits per heavy atom. The molecule has 0 aliphatic rings. The fourth-order valence-electron chi connectivity index (χ4n) is 1.80. The van der Waals surface area contributed by atoms with Gasteiger partial charge in [0.1, 0.15) is 17.1 Å². The van der Waals surface area contributed by atoms with Crippen LogP contribution < -0.4 is 34.3 Å². The molecule has 2 aromatic carbocycles. The van der Waals surface area contributed by atoms with Gasteiger partial charge in [-0.15, -0.1) is 0 Å². The van der Waals surface area contributed by atoms with Crippen LogP contribution in [0.2, 0.25) is 5.02 Å². The van der Waals surface area contributed by atoms with Gasteiger partial charge in [-0.2, -0.15) is 13.2 Å². The molecule has 0 saturated heterocycles. The summed E-state index contributed by atoms with van der Waals surface area (Å²) in [5.41, 5.74) is -2.25. The summed E-state index contributed by atoms with van der Waals surface area (Å²) >= 11 is 5.72. The molecule has 0 saturated carbocycles. The topological polar surface area (TPSA) is 89.7 Å². The van der Waals surface area contributed by atoms with Crippen molar-refractivity contribution in [3.05, 3.63) is 62.7 Å². The van der Waals surface area contributed by atoms with E-state index in [1.165, 1.54) is 0 Å². The van der Waals surface area contributed by atoms with Crippen molar-refractivity contribution in [1.29, 1.82) is 0 Å². The number of rotatable bonds is 4. The van der Waals surface area contributed by atoms with Crippen LogP contribution in [0.5, 0.6) is 11.5 Å². The first-order valence-corrected chi connectivity index (χ1v) is 6.53. The first-order chi connectivity index (χ1) is 11.1. The molecule has 2 aromatic rings. The zero-order valence-electron chi connectivity index (χ0n) is 13.5. The summed E-state index contributed by atoms with van der Waals surface area (Å²) in [5, 5.41) is 19.4. The van der Waals surface area contributed by atoms with Crippen LogP contribution >= 0.6 is 11.6 Å². The van der Waals surface area contributed by atoms with Gasteiger partial charge in [0.15, 0.2) is 0 Å². The molecule has 0 aliphatic heterocycles. The maximum Gasteiger partial charge on any atom is 1.00 e. The van der Waals surface area contributed by atoms with E-state index in [1.807, 2.05) is 0 Å². The van der Waals surface area contributed by atoms with Gasteiger partial charge in [0, 0.05) is 12.1 Å². The second-order valence-corrected chi connectivity index (χ2v) is 4.89. The average molecular weight is 386 g/mol. The number of nitrogens with zero attached hydrogens (tertiary/aromatic N) is 1. The SMILES string of the molecule is O=C(O)c1cc(Oc2ccc(C(F)(F)F)cc2Cl)ccc1[N+](=O)[O-].[H-].[Na+]. The van der Waals surface area contributed by atoms with Gasteiger partial charge in [-0.25, -0.2) is 4.79 Å². The van der Waals surface area contributed by atoms with Crippen molar-refractivity contribution in [2.24, 2.45) is 0 Å². The number of alkyl halides is 3. The quantitative estimate of drug-likeness (QED) is 0.493. The molecule has 25 heavy (non-hydrogen) atoms. The summed E-state index contributed by atoms with van der Waals surface area (Å²) in [7, 11) is 0. The van der Waals surface area contributed by atoms with E-state index in [4.69, 9.17) is 21.4 Å². The zero-order chi connectivity index (χ0) is 18.1. The van der Waals surface area contributed by atoms with Crippen LogP contribution in [0.25, 0.3) is 0 Å². The maximum absolute atomic E-state index is 12.6. The summed E-state index contributed by atoms with van der Waals surface area (Å²) in [5.74, 6) is -1.83. The zero-order valence-corrected chi connectivity index (χ0v) is 15.3. The Kier molecular flexibility index (Phi) is 6.83. The summed E-state index contributed by atoms with van der Waals surface area (Å²) in [6.45, 7) is 0. The predicted octanol–water partition coefficient (Wildman–Crippen LogP) is 1.87. The van der Waals surface area contributed by atoms with Gasteiger partial charge in [0.25, 0.3) is 5.69 Å². The van der Waals surface area contributed by atoms with E-state index in [9.17, 15) is 28.1 Å². The first-order valence-electron chi connectivity index (χ1n) is 6.16. The molecular formula is C14H8ClF3NNaO5. The molecule has 0 radical (unpaired) electrons. The molecule has 11 heteroatoms. The number of carboxylic acid groups (broad SMARTS) is 1. The molecule has 0 spiro atoms. The van der Waals surface area contributed by atoms with E-state index in [2.05, 4.69) is 0 Å². The Hall–Kier alpha value is -1.81. The van der Waals surface area contributed by atoms with Crippen molar-refractivity contribution in [1.82, 2.24) is 0 Å². The molecule has 0 bridgehead atoms. The fourth-order valence-corrected chi connectivity index (χ4v) is 2.02. The van der Waals surface area contributed by atoms with E-state index < -0.39 is 33.9 Å². The molecule has 0 aromatic heterocycles. The number of hydrogen-bond donors (Lipinski definition) is 1. The van der Waals surface area contributed by atoms with Gasteiger partial charge in [-0.3, -0.25) is 10.1 Å². The number of nitro groups is 1. The Labute approximate surface area is 167 Å². The third-order valence-corrected chi connectivity index (χ3v) is 3.18. The molecule has 2 rings (SSSR count). The first kappa shape index (κ1) is 21.2. The van der Waals surface area contributed by atoms with Crippen LogP contribution in [0, 0.1) is 10.1 Å². The minimum atomic E-state index is -4.58. The fraction of sp³-hybridized carbons (Fsp3) is 0.0714. The number of ether oxygens (including phenoxy) is 1. The van der Waals surface area contributed by atoms with Crippen molar-refractivity contribution in [3.63, 3.8) is 0 Å². The molecule has 1 N–H and O–H groups in total. The smallest absolute Gasteiger partial charge is 1.00 e. The van der Waals surface area contributed by atoms with E-state index in [-0.39, 0.29) is 47.5 Å². The molecule has 0 unspecified atom stereocenters. The van der Waals surface area contributed by atoms with Crippen LogP contribution in [-0.4, -0.2) is 16.0 Å². The van der Waals surface area contributed by atoms with Crippen LogP contribution in [0.1, 0.15) is 17.3 Å². The molecule has 0 fully saturated rings. The molecule has 6 nitrogen and oxygen atoms in total. The second-order valence-electron chi connectivity index (χ2n) is 4.49. The Bertz CT molecular complexity index is 835.